The van der Waals surface area contributed by atoms with Gasteiger partial charge < -0.3 is 4.74 Å². The lowest BCUT2D eigenvalue weighted by Gasteiger charge is -2.16. The van der Waals surface area contributed by atoms with Gasteiger partial charge in [0.05, 0.1) is 6.10 Å². The molecular weight excluding hydrogens is 313 g/mol. The van der Waals surface area contributed by atoms with Crippen LogP contribution in [0.5, 0.6) is 0 Å². The summed E-state index contributed by atoms with van der Waals surface area (Å²) < 4.78 is 42.8. The molecule has 0 bridgehead atoms. The third-order valence-electron chi connectivity index (χ3n) is 2.14. The van der Waals surface area contributed by atoms with Crippen LogP contribution in [0.3, 0.4) is 0 Å². The molecule has 0 aromatic heterocycles. The molecule has 0 aliphatic heterocycles. The van der Waals surface area contributed by atoms with Crippen LogP contribution in [0.25, 0.3) is 0 Å². The zero-order valence-corrected chi connectivity index (χ0v) is 11.6. The monoisotopic (exact) mass is 325 g/mol. The maximum atomic E-state index is 13.0. The molecule has 1 aromatic carbocycles. The fourth-order valence-electron chi connectivity index (χ4n) is 1.29. The highest BCUT2D eigenvalue weighted by atomic mass is 79.9. The Hall–Kier alpha value is -0.500. The first-order chi connectivity index (χ1) is 7.98. The van der Waals surface area contributed by atoms with Gasteiger partial charge in [-0.25, -0.2) is 17.5 Å². The summed E-state index contributed by atoms with van der Waals surface area (Å²) in [4.78, 5) is 0. The van der Waals surface area contributed by atoms with Crippen molar-refractivity contribution in [3.05, 3.63) is 35.6 Å². The standard InChI is InChI=1S/C10H13BrFNO3S/c1-16-10(6-13-17(14,15)7-11)8-3-2-4-9(12)5-8/h2-5,10,13H,6-7H2,1H3. The van der Waals surface area contributed by atoms with Crippen molar-refractivity contribution in [2.75, 3.05) is 18.3 Å². The summed E-state index contributed by atoms with van der Waals surface area (Å²) >= 11 is 2.86. The summed E-state index contributed by atoms with van der Waals surface area (Å²) in [6.45, 7) is 0.0634. The van der Waals surface area contributed by atoms with Gasteiger partial charge in [-0.3, -0.25) is 0 Å². The van der Waals surface area contributed by atoms with E-state index in [2.05, 4.69) is 20.7 Å². The Labute approximate surface area is 108 Å². The summed E-state index contributed by atoms with van der Waals surface area (Å²) in [7, 11) is -1.91. The van der Waals surface area contributed by atoms with Crippen molar-refractivity contribution in [2.24, 2.45) is 0 Å². The van der Waals surface area contributed by atoms with Crippen LogP contribution in [0.2, 0.25) is 0 Å². The van der Waals surface area contributed by atoms with Crippen LogP contribution in [0.1, 0.15) is 11.7 Å². The van der Waals surface area contributed by atoms with Crippen molar-refractivity contribution in [3.8, 4) is 0 Å². The zero-order valence-electron chi connectivity index (χ0n) is 9.19. The second kappa shape index (κ2) is 6.44. The van der Waals surface area contributed by atoms with Gasteiger partial charge in [0.1, 0.15) is 10.5 Å². The van der Waals surface area contributed by atoms with Gasteiger partial charge >= 0.3 is 0 Å². The van der Waals surface area contributed by atoms with Crippen LogP contribution in [0.4, 0.5) is 4.39 Å². The Morgan fingerprint density at radius 3 is 2.76 bits per heavy atom. The molecule has 0 spiro atoms. The van der Waals surface area contributed by atoms with Gasteiger partial charge in [-0.2, -0.15) is 0 Å². The number of ether oxygens (including phenoxy) is 1. The first-order valence-electron chi connectivity index (χ1n) is 4.80. The predicted octanol–water partition coefficient (Wildman–Crippen LogP) is 1.79. The number of halogens is 2. The number of alkyl halides is 1. The molecule has 1 atom stereocenters. The minimum Gasteiger partial charge on any atom is -0.375 e. The Morgan fingerprint density at radius 2 is 2.24 bits per heavy atom. The summed E-state index contributed by atoms with van der Waals surface area (Å²) in [6.07, 6.45) is -0.514. The fraction of sp³-hybridized carbons (Fsp3) is 0.400. The van der Waals surface area contributed by atoms with Gasteiger partial charge in [0.2, 0.25) is 10.0 Å². The molecule has 17 heavy (non-hydrogen) atoms. The van der Waals surface area contributed by atoms with Gasteiger partial charge in [0, 0.05) is 13.7 Å². The van der Waals surface area contributed by atoms with E-state index in [1.54, 1.807) is 12.1 Å². The van der Waals surface area contributed by atoms with Crippen molar-refractivity contribution >= 4 is 26.0 Å². The predicted molar refractivity (Wildman–Crippen MR) is 66.9 cm³/mol. The topological polar surface area (TPSA) is 55.4 Å². The van der Waals surface area contributed by atoms with Crippen LogP contribution in [-0.4, -0.2) is 26.7 Å². The molecule has 1 unspecified atom stereocenters. The minimum atomic E-state index is -3.35. The number of methoxy groups -OCH3 is 1. The molecule has 0 aliphatic carbocycles. The van der Waals surface area contributed by atoms with Crippen molar-refractivity contribution in [2.45, 2.75) is 6.10 Å². The molecule has 0 saturated heterocycles. The molecule has 0 heterocycles. The number of benzene rings is 1. The highest BCUT2D eigenvalue weighted by Crippen LogP contribution is 2.17. The summed E-state index contributed by atoms with van der Waals surface area (Å²) in [5, 5.41) is 0. The molecule has 4 nitrogen and oxygen atoms in total. The van der Waals surface area contributed by atoms with E-state index < -0.39 is 16.1 Å². The molecule has 1 aromatic rings. The second-order valence-corrected chi connectivity index (χ2v) is 6.46. The second-order valence-electron chi connectivity index (χ2n) is 3.35. The highest BCUT2D eigenvalue weighted by molar-refractivity contribution is 9.10. The lowest BCUT2D eigenvalue weighted by atomic mass is 10.1. The van der Waals surface area contributed by atoms with E-state index in [4.69, 9.17) is 4.74 Å². The number of hydrogen-bond donors (Lipinski definition) is 1. The van der Waals surface area contributed by atoms with Crippen LogP contribution in [-0.2, 0) is 14.8 Å². The van der Waals surface area contributed by atoms with E-state index in [1.807, 2.05) is 0 Å². The average molecular weight is 326 g/mol. The maximum Gasteiger partial charge on any atom is 0.221 e. The molecule has 0 aliphatic rings. The summed E-state index contributed by atoms with van der Waals surface area (Å²) in [5.41, 5.74) is 0.588. The van der Waals surface area contributed by atoms with E-state index in [-0.39, 0.29) is 17.0 Å². The Morgan fingerprint density at radius 1 is 1.53 bits per heavy atom. The van der Waals surface area contributed by atoms with E-state index in [0.717, 1.165) is 0 Å². The SMILES string of the molecule is COC(CNS(=O)(=O)CBr)c1cccc(F)c1. The van der Waals surface area contributed by atoms with Gasteiger partial charge in [0.25, 0.3) is 0 Å². The quantitative estimate of drug-likeness (QED) is 0.811. The van der Waals surface area contributed by atoms with Crippen molar-refractivity contribution in [1.82, 2.24) is 4.72 Å². The molecule has 0 fully saturated rings. The van der Waals surface area contributed by atoms with Crippen molar-refractivity contribution in [3.63, 3.8) is 0 Å². The van der Waals surface area contributed by atoms with Gasteiger partial charge in [-0.1, -0.05) is 28.1 Å². The lowest BCUT2D eigenvalue weighted by molar-refractivity contribution is 0.107. The van der Waals surface area contributed by atoms with Crippen LogP contribution in [0.15, 0.2) is 24.3 Å². The molecule has 96 valence electrons. The van der Waals surface area contributed by atoms with E-state index in [0.29, 0.717) is 5.56 Å². The molecule has 0 saturated carbocycles. The maximum absolute atomic E-state index is 13.0. The first kappa shape index (κ1) is 14.6. The Kier molecular flexibility index (Phi) is 5.51. The third-order valence-corrected chi connectivity index (χ3v) is 4.84. The first-order valence-corrected chi connectivity index (χ1v) is 7.57. The van der Waals surface area contributed by atoms with Gasteiger partial charge in [0.15, 0.2) is 0 Å². The van der Waals surface area contributed by atoms with Crippen LogP contribution < -0.4 is 4.72 Å². The van der Waals surface area contributed by atoms with E-state index in [9.17, 15) is 12.8 Å². The number of hydrogen-bond acceptors (Lipinski definition) is 3. The minimum absolute atomic E-state index is 0.0634. The third kappa shape index (κ3) is 4.71. The Balaban J connectivity index is 2.73. The molecule has 1 N–H and O–H groups in total. The van der Waals surface area contributed by atoms with Gasteiger partial charge in [-0.15, -0.1) is 0 Å². The molecule has 1 rings (SSSR count). The number of nitrogens with one attached hydrogen (secondary N) is 1. The Bertz CT molecular complexity index is 466. The molecule has 0 radical (unpaired) electrons. The molecular formula is C10H13BrFNO3S. The van der Waals surface area contributed by atoms with Crippen LogP contribution >= 0.6 is 15.9 Å². The number of rotatable bonds is 6. The normalized spacial score (nSPS) is 13.6. The highest BCUT2D eigenvalue weighted by Gasteiger charge is 2.15. The molecule has 7 heteroatoms. The summed E-state index contributed by atoms with van der Waals surface area (Å²) in [5.74, 6) is -0.382. The smallest absolute Gasteiger partial charge is 0.221 e. The van der Waals surface area contributed by atoms with Crippen molar-refractivity contribution in [1.29, 1.82) is 0 Å². The largest absolute Gasteiger partial charge is 0.375 e. The zero-order chi connectivity index (χ0) is 12.9. The summed E-state index contributed by atoms with van der Waals surface area (Å²) in [6, 6.07) is 5.87. The average Bonchev–Trinajstić information content (AvgIpc) is 2.30. The van der Waals surface area contributed by atoms with E-state index >= 15 is 0 Å². The molecule has 0 amide bonds. The fourth-order valence-corrected chi connectivity index (χ4v) is 2.25. The number of sulfonamides is 1. The van der Waals surface area contributed by atoms with E-state index in [1.165, 1.54) is 19.2 Å². The van der Waals surface area contributed by atoms with Gasteiger partial charge in [-0.05, 0) is 17.7 Å². The van der Waals surface area contributed by atoms with Crippen molar-refractivity contribution < 1.29 is 17.5 Å². The lowest BCUT2D eigenvalue weighted by Crippen LogP contribution is -2.29. The van der Waals surface area contributed by atoms with Crippen LogP contribution in [0, 0.1) is 5.82 Å².